The van der Waals surface area contributed by atoms with Crippen molar-refractivity contribution in [1.29, 1.82) is 0 Å². The molecule has 0 unspecified atom stereocenters. The minimum atomic E-state index is -0.587. The summed E-state index contributed by atoms with van der Waals surface area (Å²) in [6.07, 6.45) is 1.06. The molecule has 1 rings (SSSR count). The number of hydrogen-bond acceptors (Lipinski definition) is 4. The van der Waals surface area contributed by atoms with E-state index >= 15 is 0 Å². The molecular weight excluding hydrogens is 268 g/mol. The van der Waals surface area contributed by atoms with Crippen LogP contribution in [0, 0.1) is 5.92 Å². The summed E-state index contributed by atoms with van der Waals surface area (Å²) in [5.41, 5.74) is 0.414. The maximum absolute atomic E-state index is 11.6. The quantitative estimate of drug-likeness (QED) is 0.546. The van der Waals surface area contributed by atoms with Gasteiger partial charge in [-0.1, -0.05) is 37.3 Å². The Labute approximate surface area is 126 Å². The second kappa shape index (κ2) is 7.93. The Bertz CT molecular complexity index is 453. The fourth-order valence-corrected chi connectivity index (χ4v) is 2.26. The van der Waals surface area contributed by atoms with E-state index in [0.717, 1.165) is 11.8 Å². The highest BCUT2D eigenvalue weighted by atomic mass is 16.5. The van der Waals surface area contributed by atoms with Gasteiger partial charge in [0.1, 0.15) is 6.29 Å². The van der Waals surface area contributed by atoms with Gasteiger partial charge >= 0.3 is 5.97 Å². The van der Waals surface area contributed by atoms with Crippen molar-refractivity contribution >= 4 is 12.3 Å². The number of methoxy groups -OCH3 is 1. The van der Waals surface area contributed by atoms with Gasteiger partial charge in [-0.15, -0.1) is 0 Å². The van der Waals surface area contributed by atoms with Crippen LogP contribution in [0.2, 0.25) is 0 Å². The number of esters is 1. The Morgan fingerprint density at radius 2 is 1.90 bits per heavy atom. The lowest BCUT2D eigenvalue weighted by Crippen LogP contribution is -2.35. The van der Waals surface area contributed by atoms with Gasteiger partial charge in [0.15, 0.2) is 0 Å². The van der Waals surface area contributed by atoms with Crippen LogP contribution >= 0.6 is 0 Å². The van der Waals surface area contributed by atoms with E-state index < -0.39 is 11.7 Å². The van der Waals surface area contributed by atoms with Crippen molar-refractivity contribution < 1.29 is 19.1 Å². The molecular formula is C17H24O4. The van der Waals surface area contributed by atoms with E-state index in [9.17, 15) is 9.59 Å². The predicted octanol–water partition coefficient (Wildman–Crippen LogP) is 3.10. The van der Waals surface area contributed by atoms with Gasteiger partial charge < -0.3 is 14.3 Å². The van der Waals surface area contributed by atoms with Crippen molar-refractivity contribution in [3.05, 3.63) is 35.9 Å². The van der Waals surface area contributed by atoms with Crippen molar-refractivity contribution in [2.45, 2.75) is 45.3 Å². The molecule has 2 atom stereocenters. The first-order chi connectivity index (χ1) is 9.94. The average molecular weight is 292 g/mol. The summed E-state index contributed by atoms with van der Waals surface area (Å²) in [4.78, 5) is 22.8. The first kappa shape index (κ1) is 17.4. The molecule has 1 aromatic rings. The molecule has 0 fully saturated rings. The zero-order valence-electron chi connectivity index (χ0n) is 13.2. The number of carbonyl (C=O) groups excluding carboxylic acids is 2. The minimum Gasteiger partial charge on any atom is -0.469 e. The van der Waals surface area contributed by atoms with Crippen LogP contribution in [0.1, 0.15) is 39.2 Å². The molecule has 21 heavy (non-hydrogen) atoms. The van der Waals surface area contributed by atoms with Gasteiger partial charge in [-0.05, 0) is 25.8 Å². The van der Waals surface area contributed by atoms with E-state index in [-0.39, 0.29) is 18.3 Å². The Balaban J connectivity index is 2.93. The van der Waals surface area contributed by atoms with Crippen molar-refractivity contribution in [1.82, 2.24) is 0 Å². The number of aldehydes is 1. The standard InChI is InChI=1S/C17H24O4/c1-5-13(12-18)15(11-16(19)20-4)21-17(2,3)14-9-7-6-8-10-14/h6-10,12-13,15H,5,11H2,1-4H3/t13-,15-/m1/s1. The summed E-state index contributed by atoms with van der Waals surface area (Å²) in [5, 5.41) is 0. The van der Waals surface area contributed by atoms with Gasteiger partial charge in [0.05, 0.1) is 25.2 Å². The Kier molecular flexibility index (Phi) is 6.56. The number of carbonyl (C=O) groups is 2. The van der Waals surface area contributed by atoms with Crippen LogP contribution in [0.5, 0.6) is 0 Å². The van der Waals surface area contributed by atoms with Crippen molar-refractivity contribution in [2.24, 2.45) is 5.92 Å². The number of hydrogen-bond donors (Lipinski definition) is 0. The minimum absolute atomic E-state index is 0.0734. The molecule has 0 N–H and O–H groups in total. The van der Waals surface area contributed by atoms with Crippen LogP contribution in [0.4, 0.5) is 0 Å². The lowest BCUT2D eigenvalue weighted by molar-refractivity contribution is -0.153. The van der Waals surface area contributed by atoms with E-state index in [0.29, 0.717) is 6.42 Å². The molecule has 1 aromatic carbocycles. The maximum atomic E-state index is 11.6. The molecule has 0 bridgehead atoms. The summed E-state index contributed by atoms with van der Waals surface area (Å²) in [6.45, 7) is 5.77. The molecule has 0 aliphatic heterocycles. The second-order valence-electron chi connectivity index (χ2n) is 5.52. The SMILES string of the molecule is CC[C@H](C=O)[C@@H](CC(=O)OC)OC(C)(C)c1ccccc1. The first-order valence-corrected chi connectivity index (χ1v) is 7.20. The number of rotatable bonds is 8. The molecule has 0 saturated heterocycles. The lowest BCUT2D eigenvalue weighted by Gasteiger charge is -2.33. The van der Waals surface area contributed by atoms with Crippen LogP contribution in [-0.2, 0) is 24.7 Å². The summed E-state index contributed by atoms with van der Waals surface area (Å²) in [7, 11) is 1.34. The predicted molar refractivity (Wildman–Crippen MR) is 80.8 cm³/mol. The zero-order valence-corrected chi connectivity index (χ0v) is 13.2. The molecule has 0 radical (unpaired) electrons. The van der Waals surface area contributed by atoms with Crippen LogP contribution in [0.25, 0.3) is 0 Å². The monoisotopic (exact) mass is 292 g/mol. The number of benzene rings is 1. The number of ether oxygens (including phenoxy) is 2. The van der Waals surface area contributed by atoms with Gasteiger partial charge in [-0.2, -0.15) is 0 Å². The summed E-state index contributed by atoms with van der Waals surface area (Å²) in [6, 6.07) is 9.75. The van der Waals surface area contributed by atoms with E-state index in [1.54, 1.807) is 0 Å². The zero-order chi connectivity index (χ0) is 15.9. The van der Waals surface area contributed by atoms with E-state index in [2.05, 4.69) is 0 Å². The smallest absolute Gasteiger partial charge is 0.308 e. The Hall–Kier alpha value is -1.68. The van der Waals surface area contributed by atoms with Gasteiger partial charge in [0, 0.05) is 5.92 Å². The molecule has 0 aliphatic rings. The molecule has 4 heteroatoms. The second-order valence-corrected chi connectivity index (χ2v) is 5.52. The van der Waals surface area contributed by atoms with Crippen molar-refractivity contribution in [3.63, 3.8) is 0 Å². The third-order valence-electron chi connectivity index (χ3n) is 3.63. The molecule has 0 amide bonds. The van der Waals surface area contributed by atoms with E-state index in [4.69, 9.17) is 9.47 Å². The van der Waals surface area contributed by atoms with Gasteiger partial charge in [-0.25, -0.2) is 0 Å². The summed E-state index contributed by atoms with van der Waals surface area (Å²) in [5.74, 6) is -0.698. The maximum Gasteiger partial charge on any atom is 0.308 e. The molecule has 0 spiro atoms. The Morgan fingerprint density at radius 3 is 2.38 bits per heavy atom. The highest BCUT2D eigenvalue weighted by Gasteiger charge is 2.31. The van der Waals surface area contributed by atoms with Crippen LogP contribution in [-0.4, -0.2) is 25.5 Å². The fraction of sp³-hybridized carbons (Fsp3) is 0.529. The Morgan fingerprint density at radius 1 is 1.29 bits per heavy atom. The molecule has 116 valence electrons. The van der Waals surface area contributed by atoms with Gasteiger partial charge in [0.25, 0.3) is 0 Å². The molecule has 0 aromatic heterocycles. The normalized spacial score (nSPS) is 14.3. The summed E-state index contributed by atoms with van der Waals surface area (Å²) >= 11 is 0. The van der Waals surface area contributed by atoms with Gasteiger partial charge in [0.2, 0.25) is 0 Å². The van der Waals surface area contributed by atoms with E-state index in [1.165, 1.54) is 7.11 Å². The summed E-state index contributed by atoms with van der Waals surface area (Å²) < 4.78 is 10.8. The highest BCUT2D eigenvalue weighted by Crippen LogP contribution is 2.29. The molecule has 4 nitrogen and oxygen atoms in total. The highest BCUT2D eigenvalue weighted by molar-refractivity contribution is 5.70. The fourth-order valence-electron chi connectivity index (χ4n) is 2.26. The first-order valence-electron chi connectivity index (χ1n) is 7.20. The lowest BCUT2D eigenvalue weighted by atomic mass is 9.94. The topological polar surface area (TPSA) is 52.6 Å². The van der Waals surface area contributed by atoms with Gasteiger partial charge in [-0.3, -0.25) is 4.79 Å². The molecule has 0 heterocycles. The molecule has 0 saturated carbocycles. The average Bonchev–Trinajstić information content (AvgIpc) is 2.48. The van der Waals surface area contributed by atoms with Crippen LogP contribution < -0.4 is 0 Å². The van der Waals surface area contributed by atoms with Crippen LogP contribution in [0.3, 0.4) is 0 Å². The van der Waals surface area contributed by atoms with Crippen molar-refractivity contribution in [2.75, 3.05) is 7.11 Å². The van der Waals surface area contributed by atoms with Crippen LogP contribution in [0.15, 0.2) is 30.3 Å². The van der Waals surface area contributed by atoms with E-state index in [1.807, 2.05) is 51.1 Å². The third kappa shape index (κ3) is 4.97. The van der Waals surface area contributed by atoms with Crippen molar-refractivity contribution in [3.8, 4) is 0 Å². The third-order valence-corrected chi connectivity index (χ3v) is 3.63. The molecule has 0 aliphatic carbocycles. The largest absolute Gasteiger partial charge is 0.469 e.